The minimum Gasteiger partial charge on any atom is -0.493 e. The Bertz CT molecular complexity index is 854. The molecule has 0 aliphatic carbocycles. The van der Waals surface area contributed by atoms with Crippen molar-refractivity contribution in [3.05, 3.63) is 59.7 Å². The second-order valence-electron chi connectivity index (χ2n) is 7.92. The molecule has 1 heterocycles. The lowest BCUT2D eigenvalue weighted by atomic mass is 10.0. The van der Waals surface area contributed by atoms with E-state index in [-0.39, 0.29) is 6.04 Å². The average molecular weight is 441 g/mol. The highest BCUT2D eigenvalue weighted by atomic mass is 16.5. The van der Waals surface area contributed by atoms with Gasteiger partial charge in [-0.15, -0.1) is 0 Å². The van der Waals surface area contributed by atoms with E-state index < -0.39 is 0 Å². The van der Waals surface area contributed by atoms with Crippen LogP contribution in [0.25, 0.3) is 0 Å². The van der Waals surface area contributed by atoms with Crippen molar-refractivity contribution >= 4 is 5.96 Å². The van der Waals surface area contributed by atoms with E-state index in [1.54, 1.807) is 14.2 Å². The molecular formula is C25H36N4O3. The van der Waals surface area contributed by atoms with E-state index in [0.717, 1.165) is 56.9 Å². The molecule has 7 nitrogen and oxygen atoms in total. The van der Waals surface area contributed by atoms with Gasteiger partial charge in [-0.3, -0.25) is 9.89 Å². The molecule has 2 unspecified atom stereocenters. The highest BCUT2D eigenvalue weighted by molar-refractivity contribution is 5.79. The molecule has 0 aromatic heterocycles. The lowest BCUT2D eigenvalue weighted by Gasteiger charge is -2.35. The van der Waals surface area contributed by atoms with Gasteiger partial charge in [0.2, 0.25) is 0 Å². The summed E-state index contributed by atoms with van der Waals surface area (Å²) in [5, 5.41) is 6.99. The fourth-order valence-corrected chi connectivity index (χ4v) is 3.97. The molecule has 0 bridgehead atoms. The van der Waals surface area contributed by atoms with Gasteiger partial charge in [0.15, 0.2) is 17.5 Å². The van der Waals surface area contributed by atoms with E-state index in [1.807, 2.05) is 19.2 Å². The van der Waals surface area contributed by atoms with Gasteiger partial charge in [0.25, 0.3) is 0 Å². The molecular weight excluding hydrogens is 404 g/mol. The summed E-state index contributed by atoms with van der Waals surface area (Å²) in [5.41, 5.74) is 2.48. The summed E-state index contributed by atoms with van der Waals surface area (Å²) >= 11 is 0. The third kappa shape index (κ3) is 6.37. The lowest BCUT2D eigenvalue weighted by molar-refractivity contribution is 0.0169. The Morgan fingerprint density at radius 3 is 2.31 bits per heavy atom. The van der Waals surface area contributed by atoms with Crippen LogP contribution < -0.4 is 20.1 Å². The quantitative estimate of drug-likeness (QED) is 0.462. The monoisotopic (exact) mass is 440 g/mol. The number of hydrogen-bond donors (Lipinski definition) is 2. The first-order valence-corrected chi connectivity index (χ1v) is 11.2. The summed E-state index contributed by atoms with van der Waals surface area (Å²) in [7, 11) is 5.14. The fraction of sp³-hybridized carbons (Fsp3) is 0.480. The second-order valence-corrected chi connectivity index (χ2v) is 7.92. The molecule has 2 aromatic carbocycles. The number of morpholine rings is 1. The predicted molar refractivity (Wildman–Crippen MR) is 129 cm³/mol. The number of benzene rings is 2. The summed E-state index contributed by atoms with van der Waals surface area (Å²) in [5.74, 6) is 2.65. The summed E-state index contributed by atoms with van der Waals surface area (Å²) in [6.45, 7) is 7.00. The van der Waals surface area contributed by atoms with Crippen LogP contribution in [0, 0.1) is 0 Å². The molecule has 1 saturated heterocycles. The summed E-state index contributed by atoms with van der Waals surface area (Å²) in [4.78, 5) is 6.87. The van der Waals surface area contributed by atoms with Crippen LogP contribution in [0.1, 0.15) is 30.0 Å². The largest absolute Gasteiger partial charge is 0.493 e. The van der Waals surface area contributed by atoms with Crippen molar-refractivity contribution in [3.63, 3.8) is 0 Å². The molecule has 0 amide bonds. The number of ether oxygens (including phenoxy) is 3. The molecule has 7 heteroatoms. The van der Waals surface area contributed by atoms with Crippen LogP contribution >= 0.6 is 0 Å². The zero-order valence-electron chi connectivity index (χ0n) is 19.6. The van der Waals surface area contributed by atoms with Crippen molar-refractivity contribution in [3.8, 4) is 11.5 Å². The predicted octanol–water partition coefficient (Wildman–Crippen LogP) is 3.05. The number of guanidine groups is 1. The van der Waals surface area contributed by atoms with Crippen molar-refractivity contribution in [2.75, 3.05) is 60.7 Å². The maximum absolute atomic E-state index is 5.58. The van der Waals surface area contributed by atoms with E-state index in [9.17, 15) is 0 Å². The third-order valence-corrected chi connectivity index (χ3v) is 5.91. The molecule has 1 aliphatic heterocycles. The van der Waals surface area contributed by atoms with Crippen LogP contribution in [-0.4, -0.2) is 71.5 Å². The van der Waals surface area contributed by atoms with Crippen LogP contribution in [-0.2, 0) is 4.74 Å². The highest BCUT2D eigenvalue weighted by Crippen LogP contribution is 2.32. The van der Waals surface area contributed by atoms with Crippen LogP contribution in [0.2, 0.25) is 0 Å². The van der Waals surface area contributed by atoms with Gasteiger partial charge in [-0.2, -0.15) is 0 Å². The van der Waals surface area contributed by atoms with E-state index in [1.165, 1.54) is 11.1 Å². The molecule has 3 rings (SSSR count). The van der Waals surface area contributed by atoms with Crippen LogP contribution in [0.4, 0.5) is 0 Å². The van der Waals surface area contributed by atoms with Gasteiger partial charge in [0.05, 0.1) is 33.5 Å². The van der Waals surface area contributed by atoms with Gasteiger partial charge >= 0.3 is 0 Å². The normalized spacial score (nSPS) is 16.8. The Labute approximate surface area is 191 Å². The Morgan fingerprint density at radius 1 is 0.969 bits per heavy atom. The average Bonchev–Trinajstić information content (AvgIpc) is 2.86. The van der Waals surface area contributed by atoms with Crippen molar-refractivity contribution in [2.45, 2.75) is 18.9 Å². The lowest BCUT2D eigenvalue weighted by Crippen LogP contribution is -2.46. The van der Waals surface area contributed by atoms with Crippen molar-refractivity contribution < 1.29 is 14.2 Å². The Hall–Kier alpha value is -2.77. The first kappa shape index (κ1) is 23.9. The van der Waals surface area contributed by atoms with Crippen molar-refractivity contribution in [1.29, 1.82) is 0 Å². The van der Waals surface area contributed by atoms with E-state index in [2.05, 4.69) is 63.8 Å². The maximum atomic E-state index is 5.58. The van der Waals surface area contributed by atoms with Crippen LogP contribution in [0.15, 0.2) is 53.5 Å². The van der Waals surface area contributed by atoms with Gasteiger partial charge in [-0.05, 0) is 29.2 Å². The van der Waals surface area contributed by atoms with E-state index in [4.69, 9.17) is 14.2 Å². The van der Waals surface area contributed by atoms with Crippen molar-refractivity contribution in [1.82, 2.24) is 15.5 Å². The molecule has 0 radical (unpaired) electrons. The number of aliphatic imine (C=N–C) groups is 1. The SMILES string of the molecule is CN=C(NCC(C)c1ccccc1)NCC(c1ccc(OC)c(OC)c1)N1CCOCC1. The van der Waals surface area contributed by atoms with Crippen LogP contribution in [0.3, 0.4) is 0 Å². The van der Waals surface area contributed by atoms with Gasteiger partial charge < -0.3 is 24.8 Å². The van der Waals surface area contributed by atoms with Gasteiger partial charge in [-0.1, -0.05) is 43.3 Å². The summed E-state index contributed by atoms with van der Waals surface area (Å²) in [6, 6.07) is 16.8. The highest BCUT2D eigenvalue weighted by Gasteiger charge is 2.24. The number of nitrogens with one attached hydrogen (secondary N) is 2. The standard InChI is InChI=1S/C25H36N4O3/c1-19(20-8-6-5-7-9-20)17-27-25(26-2)28-18-22(29-12-14-32-15-13-29)21-10-11-23(30-3)24(16-21)31-4/h5-11,16,19,22H,12-15,17-18H2,1-4H3,(H2,26,27,28). The van der Waals surface area contributed by atoms with Crippen molar-refractivity contribution in [2.24, 2.45) is 4.99 Å². The van der Waals surface area contributed by atoms with E-state index in [0.29, 0.717) is 5.92 Å². The summed E-state index contributed by atoms with van der Waals surface area (Å²) in [6.07, 6.45) is 0. The number of methoxy groups -OCH3 is 2. The Balaban J connectivity index is 1.67. The first-order chi connectivity index (χ1) is 15.7. The van der Waals surface area contributed by atoms with Gasteiger partial charge in [0.1, 0.15) is 0 Å². The third-order valence-electron chi connectivity index (χ3n) is 5.91. The first-order valence-electron chi connectivity index (χ1n) is 11.2. The minimum absolute atomic E-state index is 0.156. The van der Waals surface area contributed by atoms with E-state index >= 15 is 0 Å². The Kier molecular flexibility index (Phi) is 9.19. The topological polar surface area (TPSA) is 67.4 Å². The molecule has 174 valence electrons. The molecule has 2 N–H and O–H groups in total. The summed E-state index contributed by atoms with van der Waals surface area (Å²) < 4.78 is 16.5. The molecule has 2 aromatic rings. The minimum atomic E-state index is 0.156. The molecule has 0 saturated carbocycles. The second kappa shape index (κ2) is 12.3. The Morgan fingerprint density at radius 2 is 1.66 bits per heavy atom. The van der Waals surface area contributed by atoms with Gasteiger partial charge in [0, 0.05) is 33.2 Å². The number of hydrogen-bond acceptors (Lipinski definition) is 5. The molecule has 1 fully saturated rings. The van der Waals surface area contributed by atoms with Gasteiger partial charge in [-0.25, -0.2) is 0 Å². The smallest absolute Gasteiger partial charge is 0.191 e. The molecule has 1 aliphatic rings. The fourth-order valence-electron chi connectivity index (χ4n) is 3.97. The number of nitrogens with zero attached hydrogens (tertiary/aromatic N) is 2. The molecule has 32 heavy (non-hydrogen) atoms. The van der Waals surface area contributed by atoms with Crippen LogP contribution in [0.5, 0.6) is 11.5 Å². The molecule has 2 atom stereocenters. The molecule has 0 spiro atoms. The number of rotatable bonds is 9. The maximum Gasteiger partial charge on any atom is 0.191 e. The zero-order valence-corrected chi connectivity index (χ0v) is 19.6. The zero-order chi connectivity index (χ0) is 22.8.